The number of alkyl halides is 1. The Hall–Kier alpha value is -2.08. The molecule has 0 aromatic heterocycles. The number of nitrogens with two attached hydrogens (primary N) is 3. The van der Waals surface area contributed by atoms with E-state index in [9.17, 15) is 14.4 Å². The lowest BCUT2D eigenvalue weighted by molar-refractivity contribution is -0.148. The van der Waals surface area contributed by atoms with Gasteiger partial charge in [0.2, 0.25) is 17.7 Å². The SMILES string of the molecule is CC(C)(C)[C@H](C(N)=O)[C@@](CCCc1ccc(CCl)cc1)(CC(N)=O)C(N)=O. The van der Waals surface area contributed by atoms with Crippen molar-refractivity contribution < 1.29 is 14.4 Å². The van der Waals surface area contributed by atoms with Gasteiger partial charge in [0.05, 0.1) is 11.3 Å². The van der Waals surface area contributed by atoms with E-state index in [0.29, 0.717) is 18.7 Å². The predicted octanol–water partition coefficient (Wildman–Crippen LogP) is 2.24. The minimum absolute atomic E-state index is 0.243. The monoisotopic (exact) mass is 395 g/mol. The highest BCUT2D eigenvalue weighted by atomic mass is 35.5. The van der Waals surface area contributed by atoms with E-state index in [4.69, 9.17) is 28.8 Å². The van der Waals surface area contributed by atoms with E-state index in [0.717, 1.165) is 11.1 Å². The maximum atomic E-state index is 12.5. The first kappa shape index (κ1) is 23.0. The molecule has 7 heteroatoms. The summed E-state index contributed by atoms with van der Waals surface area (Å²) < 4.78 is 0. The van der Waals surface area contributed by atoms with Gasteiger partial charge >= 0.3 is 0 Å². The van der Waals surface area contributed by atoms with Gasteiger partial charge in [-0.3, -0.25) is 14.4 Å². The molecular formula is C20H30ClN3O3. The number of carbonyl (C=O) groups is 3. The fourth-order valence-electron chi connectivity index (χ4n) is 3.93. The number of benzene rings is 1. The molecule has 0 aliphatic carbocycles. The number of rotatable bonds is 10. The molecule has 0 aliphatic heterocycles. The lowest BCUT2D eigenvalue weighted by Crippen LogP contribution is -2.54. The van der Waals surface area contributed by atoms with Gasteiger partial charge in [0.15, 0.2) is 0 Å². The zero-order valence-electron chi connectivity index (χ0n) is 16.3. The molecule has 0 saturated heterocycles. The molecule has 3 amide bonds. The summed E-state index contributed by atoms with van der Waals surface area (Å²) in [5.41, 5.74) is 16.7. The third-order valence-corrected chi connectivity index (χ3v) is 5.26. The van der Waals surface area contributed by atoms with E-state index in [2.05, 4.69) is 0 Å². The molecule has 0 aliphatic rings. The summed E-state index contributed by atoms with van der Waals surface area (Å²) in [4.78, 5) is 36.4. The summed E-state index contributed by atoms with van der Waals surface area (Å²) in [5, 5.41) is 0. The van der Waals surface area contributed by atoms with Crippen molar-refractivity contribution in [3.63, 3.8) is 0 Å². The van der Waals surface area contributed by atoms with Crippen molar-refractivity contribution in [3.8, 4) is 0 Å². The molecule has 6 N–H and O–H groups in total. The van der Waals surface area contributed by atoms with Gasteiger partial charge < -0.3 is 17.2 Å². The summed E-state index contributed by atoms with van der Waals surface area (Å²) in [6.07, 6.45) is 1.15. The highest BCUT2D eigenvalue weighted by Gasteiger charge is 2.52. The lowest BCUT2D eigenvalue weighted by atomic mass is 9.59. The molecule has 0 fully saturated rings. The smallest absolute Gasteiger partial charge is 0.224 e. The molecule has 27 heavy (non-hydrogen) atoms. The third kappa shape index (κ3) is 5.96. The fraction of sp³-hybridized carbons (Fsp3) is 0.550. The first-order chi connectivity index (χ1) is 12.4. The minimum Gasteiger partial charge on any atom is -0.370 e. The number of hydrogen-bond acceptors (Lipinski definition) is 3. The molecule has 1 aromatic rings. The maximum absolute atomic E-state index is 12.5. The van der Waals surface area contributed by atoms with Crippen LogP contribution in [0.15, 0.2) is 24.3 Å². The van der Waals surface area contributed by atoms with Crippen LogP contribution in [0.3, 0.4) is 0 Å². The van der Waals surface area contributed by atoms with E-state index >= 15 is 0 Å². The Balaban J connectivity index is 3.14. The highest BCUT2D eigenvalue weighted by molar-refractivity contribution is 6.17. The Morgan fingerprint density at radius 1 is 1.00 bits per heavy atom. The molecule has 2 atom stereocenters. The highest BCUT2D eigenvalue weighted by Crippen LogP contribution is 2.46. The van der Waals surface area contributed by atoms with Gasteiger partial charge in [-0.15, -0.1) is 11.6 Å². The first-order valence-electron chi connectivity index (χ1n) is 8.95. The van der Waals surface area contributed by atoms with Crippen LogP contribution in [0.4, 0.5) is 0 Å². The van der Waals surface area contributed by atoms with Gasteiger partial charge in [-0.05, 0) is 35.8 Å². The molecule has 0 heterocycles. The number of primary amides is 3. The number of halogens is 1. The van der Waals surface area contributed by atoms with Crippen molar-refractivity contribution >= 4 is 29.3 Å². The second-order valence-corrected chi connectivity index (χ2v) is 8.44. The predicted molar refractivity (Wildman–Crippen MR) is 107 cm³/mol. The van der Waals surface area contributed by atoms with Crippen molar-refractivity contribution in [1.82, 2.24) is 0 Å². The molecule has 0 unspecified atom stereocenters. The molecular weight excluding hydrogens is 366 g/mol. The van der Waals surface area contributed by atoms with Crippen LogP contribution in [-0.4, -0.2) is 17.7 Å². The molecule has 0 bridgehead atoms. The summed E-state index contributed by atoms with van der Waals surface area (Å²) >= 11 is 5.79. The van der Waals surface area contributed by atoms with Crippen molar-refractivity contribution in [2.45, 2.75) is 52.3 Å². The van der Waals surface area contributed by atoms with Crippen LogP contribution in [-0.2, 0) is 26.7 Å². The van der Waals surface area contributed by atoms with Gasteiger partial charge in [-0.1, -0.05) is 45.0 Å². The van der Waals surface area contributed by atoms with E-state index in [1.54, 1.807) is 20.8 Å². The molecule has 0 saturated carbocycles. The van der Waals surface area contributed by atoms with Crippen molar-refractivity contribution in [2.75, 3.05) is 0 Å². The fourth-order valence-corrected chi connectivity index (χ4v) is 4.11. The zero-order valence-corrected chi connectivity index (χ0v) is 17.0. The van der Waals surface area contributed by atoms with E-state index in [-0.39, 0.29) is 12.8 Å². The molecule has 6 nitrogen and oxygen atoms in total. The van der Waals surface area contributed by atoms with Gasteiger partial charge in [0.25, 0.3) is 0 Å². The van der Waals surface area contributed by atoms with E-state index in [1.165, 1.54) is 0 Å². The summed E-state index contributed by atoms with van der Waals surface area (Å²) in [5.74, 6) is -2.54. The molecule has 150 valence electrons. The van der Waals surface area contributed by atoms with Gasteiger partial charge in [0.1, 0.15) is 0 Å². The molecule has 1 rings (SSSR count). The average molecular weight is 396 g/mol. The second-order valence-electron chi connectivity index (χ2n) is 8.17. The Labute approximate surface area is 165 Å². The second kappa shape index (κ2) is 9.22. The van der Waals surface area contributed by atoms with Crippen LogP contribution in [0.25, 0.3) is 0 Å². The Morgan fingerprint density at radius 2 is 1.52 bits per heavy atom. The van der Waals surface area contributed by atoms with Crippen molar-refractivity contribution in [2.24, 2.45) is 33.9 Å². The largest absolute Gasteiger partial charge is 0.370 e. The van der Waals surface area contributed by atoms with Crippen LogP contribution in [0.5, 0.6) is 0 Å². The van der Waals surface area contributed by atoms with Gasteiger partial charge in [-0.2, -0.15) is 0 Å². The van der Waals surface area contributed by atoms with Crippen LogP contribution in [0.1, 0.15) is 51.2 Å². The Bertz CT molecular complexity index is 683. The number of amides is 3. The van der Waals surface area contributed by atoms with Crippen LogP contribution >= 0.6 is 11.6 Å². The summed E-state index contributed by atoms with van der Waals surface area (Å²) in [6, 6.07) is 7.81. The summed E-state index contributed by atoms with van der Waals surface area (Å²) in [7, 11) is 0. The first-order valence-corrected chi connectivity index (χ1v) is 9.49. The van der Waals surface area contributed by atoms with Gasteiger partial charge in [0, 0.05) is 12.3 Å². The molecule has 1 aromatic carbocycles. The zero-order chi connectivity index (χ0) is 20.8. The van der Waals surface area contributed by atoms with E-state index < -0.39 is 34.5 Å². The average Bonchev–Trinajstić information content (AvgIpc) is 2.52. The Kier molecular flexibility index (Phi) is 7.84. The Morgan fingerprint density at radius 3 is 1.89 bits per heavy atom. The van der Waals surface area contributed by atoms with Crippen molar-refractivity contribution in [3.05, 3.63) is 35.4 Å². The number of hydrogen-bond donors (Lipinski definition) is 3. The summed E-state index contributed by atoms with van der Waals surface area (Å²) in [6.45, 7) is 5.39. The minimum atomic E-state index is -1.41. The molecule has 0 spiro atoms. The van der Waals surface area contributed by atoms with Crippen LogP contribution < -0.4 is 17.2 Å². The lowest BCUT2D eigenvalue weighted by Gasteiger charge is -2.42. The van der Waals surface area contributed by atoms with Crippen LogP contribution in [0, 0.1) is 16.7 Å². The number of carbonyl (C=O) groups excluding carboxylic acids is 3. The van der Waals surface area contributed by atoms with E-state index in [1.807, 2.05) is 24.3 Å². The quantitative estimate of drug-likeness (QED) is 0.525. The molecule has 0 radical (unpaired) electrons. The normalized spacial score (nSPS) is 15.0. The van der Waals surface area contributed by atoms with Gasteiger partial charge in [-0.25, -0.2) is 0 Å². The maximum Gasteiger partial charge on any atom is 0.224 e. The number of aryl methyl sites for hydroxylation is 1. The van der Waals surface area contributed by atoms with Crippen molar-refractivity contribution in [1.29, 1.82) is 0 Å². The topological polar surface area (TPSA) is 129 Å². The van der Waals surface area contributed by atoms with Crippen LogP contribution in [0.2, 0.25) is 0 Å². The standard InChI is InChI=1S/C20H30ClN3O3/c1-19(2,3)16(17(23)26)20(18(24)27,11-15(22)25)10-4-5-13-6-8-14(12-21)9-7-13/h6-9,16H,4-5,10-12H2,1-3H3,(H2,22,25)(H2,23,26)(H2,24,27)/t16-,20+/m0/s1. The third-order valence-electron chi connectivity index (χ3n) is 4.95.